The van der Waals surface area contributed by atoms with Gasteiger partial charge < -0.3 is 10.1 Å². The molecule has 0 aromatic carbocycles. The third-order valence-electron chi connectivity index (χ3n) is 3.86. The molecule has 0 bridgehead atoms. The fourth-order valence-electron chi connectivity index (χ4n) is 2.37. The lowest BCUT2D eigenvalue weighted by Gasteiger charge is -2.45. The van der Waals surface area contributed by atoms with E-state index in [1.165, 1.54) is 0 Å². The highest BCUT2D eigenvalue weighted by Crippen LogP contribution is 2.43. The Labute approximate surface area is 112 Å². The number of carbonyl (C=O) groups is 1. The van der Waals surface area contributed by atoms with Crippen LogP contribution in [-0.4, -0.2) is 49.2 Å². The number of rotatable bonds is 3. The Balaban J connectivity index is 2.14. The van der Waals surface area contributed by atoms with E-state index in [1.54, 1.807) is 7.11 Å². The first kappa shape index (κ1) is 13.7. The lowest BCUT2D eigenvalue weighted by Crippen LogP contribution is -2.61. The zero-order valence-corrected chi connectivity index (χ0v) is 12.0. The summed E-state index contributed by atoms with van der Waals surface area (Å²) in [5.41, 5.74) is -0.567. The number of ether oxygens (including phenoxy) is 1. The van der Waals surface area contributed by atoms with Crippen LogP contribution >= 0.6 is 11.8 Å². The molecule has 2 fully saturated rings. The van der Waals surface area contributed by atoms with Crippen molar-refractivity contribution >= 4 is 23.6 Å². The summed E-state index contributed by atoms with van der Waals surface area (Å²) in [6.07, 6.45) is 1.03. The van der Waals surface area contributed by atoms with Gasteiger partial charge in [0.25, 0.3) is 5.91 Å². The molecule has 1 unspecified atom stereocenters. The van der Waals surface area contributed by atoms with Gasteiger partial charge in [0, 0.05) is 12.9 Å². The number of amides is 1. The van der Waals surface area contributed by atoms with Crippen molar-refractivity contribution in [1.29, 1.82) is 0 Å². The molecule has 18 heavy (non-hydrogen) atoms. The van der Waals surface area contributed by atoms with Gasteiger partial charge in [-0.2, -0.15) is 11.8 Å². The minimum atomic E-state index is -0.512. The minimum Gasteiger partial charge on any atom is -0.383 e. The summed E-state index contributed by atoms with van der Waals surface area (Å²) in [6, 6.07) is 0. The van der Waals surface area contributed by atoms with Crippen LogP contribution in [0.4, 0.5) is 0 Å². The molecule has 2 N–H and O–H groups in total. The Bertz CT molecular complexity index is 370. The van der Waals surface area contributed by atoms with Crippen molar-refractivity contribution in [3.05, 3.63) is 0 Å². The molecule has 2 aliphatic heterocycles. The first-order valence-corrected chi connectivity index (χ1v) is 7.38. The van der Waals surface area contributed by atoms with E-state index in [9.17, 15) is 4.79 Å². The molecule has 0 saturated carbocycles. The minimum absolute atomic E-state index is 0.0517. The van der Waals surface area contributed by atoms with Gasteiger partial charge >= 0.3 is 0 Å². The Morgan fingerprint density at radius 2 is 2.28 bits per heavy atom. The fourth-order valence-corrected chi connectivity index (χ4v) is 4.07. The van der Waals surface area contributed by atoms with Crippen molar-refractivity contribution in [3.63, 3.8) is 0 Å². The summed E-state index contributed by atoms with van der Waals surface area (Å²) in [5.74, 6) is 2.55. The molecule has 0 aromatic heterocycles. The Morgan fingerprint density at radius 3 is 2.94 bits per heavy atom. The summed E-state index contributed by atoms with van der Waals surface area (Å²) in [4.78, 5) is 16.6. The van der Waals surface area contributed by atoms with E-state index in [0.29, 0.717) is 19.1 Å². The first-order valence-electron chi connectivity index (χ1n) is 6.23. The van der Waals surface area contributed by atoms with Crippen LogP contribution in [0.1, 0.15) is 20.3 Å². The molecule has 1 atom stereocenters. The average molecular weight is 271 g/mol. The molecule has 2 rings (SSSR count). The van der Waals surface area contributed by atoms with Crippen molar-refractivity contribution in [2.75, 3.05) is 31.8 Å². The van der Waals surface area contributed by atoms with E-state index >= 15 is 0 Å². The maximum atomic E-state index is 12.3. The number of thioether (sulfide) groups is 1. The molecule has 0 aliphatic carbocycles. The number of guanidine groups is 1. The van der Waals surface area contributed by atoms with Gasteiger partial charge in [0.1, 0.15) is 5.54 Å². The van der Waals surface area contributed by atoms with Crippen molar-refractivity contribution in [2.24, 2.45) is 10.4 Å². The van der Waals surface area contributed by atoms with E-state index in [0.717, 1.165) is 17.9 Å². The van der Waals surface area contributed by atoms with Crippen LogP contribution in [-0.2, 0) is 9.53 Å². The van der Waals surface area contributed by atoms with Crippen molar-refractivity contribution in [2.45, 2.75) is 25.8 Å². The Morgan fingerprint density at radius 1 is 1.50 bits per heavy atom. The molecule has 1 spiro atoms. The van der Waals surface area contributed by atoms with Crippen molar-refractivity contribution in [1.82, 2.24) is 10.6 Å². The summed E-state index contributed by atoms with van der Waals surface area (Å²) in [6.45, 7) is 5.42. The van der Waals surface area contributed by atoms with E-state index in [2.05, 4.69) is 29.5 Å². The van der Waals surface area contributed by atoms with Crippen molar-refractivity contribution in [3.8, 4) is 0 Å². The molecule has 2 saturated heterocycles. The average Bonchev–Trinajstić information content (AvgIpc) is 2.62. The number of hydrogen-bond donors (Lipinski definition) is 2. The highest BCUT2D eigenvalue weighted by molar-refractivity contribution is 7.99. The van der Waals surface area contributed by atoms with Gasteiger partial charge in [-0.05, 0) is 17.6 Å². The topological polar surface area (TPSA) is 62.7 Å². The van der Waals surface area contributed by atoms with Gasteiger partial charge in [-0.3, -0.25) is 15.1 Å². The second-order valence-corrected chi connectivity index (χ2v) is 6.50. The van der Waals surface area contributed by atoms with Gasteiger partial charge in [0.15, 0.2) is 5.96 Å². The zero-order valence-electron chi connectivity index (χ0n) is 11.2. The molecule has 6 heteroatoms. The van der Waals surface area contributed by atoms with Crippen LogP contribution in [0.2, 0.25) is 0 Å². The highest BCUT2D eigenvalue weighted by atomic mass is 32.2. The standard InChI is InChI=1S/C12H21N3O2S/c1-11(2)4-7-18-8-12(11)9(16)14-10(15-12)13-5-6-17-3/h4-8H2,1-3H3,(H2,13,14,15,16). The lowest BCUT2D eigenvalue weighted by atomic mass is 9.71. The number of nitrogens with one attached hydrogen (secondary N) is 2. The third-order valence-corrected chi connectivity index (χ3v) is 4.99. The van der Waals surface area contributed by atoms with Crippen LogP contribution in [0, 0.1) is 5.41 Å². The number of nitrogens with zero attached hydrogens (tertiary/aromatic N) is 1. The monoisotopic (exact) mass is 271 g/mol. The third kappa shape index (κ3) is 2.23. The van der Waals surface area contributed by atoms with Crippen LogP contribution in [0.25, 0.3) is 0 Å². The smallest absolute Gasteiger partial charge is 0.253 e. The normalized spacial score (nSPS) is 32.6. The molecule has 2 aliphatic rings. The van der Waals surface area contributed by atoms with E-state index in [-0.39, 0.29) is 11.3 Å². The summed E-state index contributed by atoms with van der Waals surface area (Å²) in [7, 11) is 1.64. The van der Waals surface area contributed by atoms with Gasteiger partial charge in [-0.25, -0.2) is 0 Å². The summed E-state index contributed by atoms with van der Waals surface area (Å²) >= 11 is 1.82. The number of carbonyl (C=O) groups excluding carboxylic acids is 1. The Hall–Kier alpha value is -0.750. The predicted octanol–water partition coefficient (Wildman–Crippen LogP) is 0.610. The van der Waals surface area contributed by atoms with Crippen molar-refractivity contribution < 1.29 is 9.53 Å². The molecule has 1 amide bonds. The quantitative estimate of drug-likeness (QED) is 0.738. The molecule has 5 nitrogen and oxygen atoms in total. The second kappa shape index (κ2) is 5.09. The van der Waals surface area contributed by atoms with Crippen LogP contribution in [0.15, 0.2) is 4.99 Å². The molecular weight excluding hydrogens is 250 g/mol. The van der Waals surface area contributed by atoms with E-state index in [1.807, 2.05) is 11.8 Å². The molecule has 102 valence electrons. The largest absolute Gasteiger partial charge is 0.383 e. The van der Waals surface area contributed by atoms with Gasteiger partial charge in [0.05, 0.1) is 13.2 Å². The number of methoxy groups -OCH3 is 1. The summed E-state index contributed by atoms with van der Waals surface area (Å²) in [5, 5.41) is 6.18. The fraction of sp³-hybridized carbons (Fsp3) is 0.833. The number of hydrogen-bond acceptors (Lipinski definition) is 4. The molecule has 0 radical (unpaired) electrons. The zero-order chi connectivity index (χ0) is 13.2. The maximum absolute atomic E-state index is 12.3. The van der Waals surface area contributed by atoms with E-state index in [4.69, 9.17) is 4.74 Å². The number of aliphatic imine (C=N–C) groups is 1. The van der Waals surface area contributed by atoms with Gasteiger partial charge in [-0.15, -0.1) is 0 Å². The van der Waals surface area contributed by atoms with Gasteiger partial charge in [0.2, 0.25) is 0 Å². The molecule has 2 heterocycles. The maximum Gasteiger partial charge on any atom is 0.253 e. The molecule has 0 aromatic rings. The highest BCUT2D eigenvalue weighted by Gasteiger charge is 2.56. The van der Waals surface area contributed by atoms with Crippen LogP contribution in [0.3, 0.4) is 0 Å². The van der Waals surface area contributed by atoms with E-state index < -0.39 is 5.54 Å². The van der Waals surface area contributed by atoms with Crippen LogP contribution in [0.5, 0.6) is 0 Å². The lowest BCUT2D eigenvalue weighted by molar-refractivity contribution is -0.127. The first-order chi connectivity index (χ1) is 8.52. The SMILES string of the molecule is COCCN=C1NC(=O)C2(CSCCC2(C)C)N1. The van der Waals surface area contributed by atoms with Crippen LogP contribution < -0.4 is 10.6 Å². The summed E-state index contributed by atoms with van der Waals surface area (Å²) < 4.78 is 4.95. The van der Waals surface area contributed by atoms with Gasteiger partial charge in [-0.1, -0.05) is 13.8 Å². The molecular formula is C12H21N3O2S. The Kier molecular flexibility index (Phi) is 3.87. The predicted molar refractivity (Wildman–Crippen MR) is 73.9 cm³/mol. The second-order valence-electron chi connectivity index (χ2n) is 5.39.